The zero-order chi connectivity index (χ0) is 4.83. The molecule has 2 nitrogen and oxygen atoms in total. The fourth-order valence-corrected chi connectivity index (χ4v) is 0.241. The van der Waals surface area contributed by atoms with Crippen LogP contribution in [0.4, 0.5) is 0 Å². The van der Waals surface area contributed by atoms with E-state index in [0.29, 0.717) is 0 Å². The first kappa shape index (κ1) is 5.69. The Morgan fingerprint density at radius 1 is 1.83 bits per heavy atom. The topological polar surface area (TPSA) is 24.7 Å². The smallest absolute Gasteiger partial charge is 0.0822 e. The Hall–Kier alpha value is -0.310. The highest BCUT2D eigenvalue weighted by atomic mass is 32.2. The van der Waals surface area contributed by atoms with Crippen molar-refractivity contribution >= 4 is 24.0 Å². The fraction of sp³-hybridized carbons (Fsp3) is 0.333. The van der Waals surface area contributed by atoms with Crippen LogP contribution in [0.15, 0.2) is 10.2 Å². The van der Waals surface area contributed by atoms with Crippen molar-refractivity contribution in [3.05, 3.63) is 0 Å². The lowest BCUT2D eigenvalue weighted by molar-refractivity contribution is 1.29. The van der Waals surface area contributed by atoms with E-state index < -0.39 is 0 Å². The van der Waals surface area contributed by atoms with Crippen molar-refractivity contribution in [1.29, 1.82) is 0 Å². The molecule has 0 radical (unpaired) electrons. The first-order valence-electron chi connectivity index (χ1n) is 1.42. The standard InChI is InChI=1S/C3H6N2S/c1-4-5-3-6-2/h3H,1H2,2H3. The van der Waals surface area contributed by atoms with E-state index >= 15 is 0 Å². The van der Waals surface area contributed by atoms with Crippen LogP contribution in [0.1, 0.15) is 0 Å². The molecule has 0 aliphatic heterocycles. The summed E-state index contributed by atoms with van der Waals surface area (Å²) in [5.41, 5.74) is 1.62. The maximum atomic E-state index is 3.44. The Morgan fingerprint density at radius 2 is 2.50 bits per heavy atom. The lowest BCUT2D eigenvalue weighted by Gasteiger charge is -1.68. The van der Waals surface area contributed by atoms with Gasteiger partial charge in [-0.05, 0) is 6.26 Å². The molecule has 0 fully saturated rings. The summed E-state index contributed by atoms with van der Waals surface area (Å²) in [4.78, 5) is 0. The number of nitrogens with zero attached hydrogens (tertiary/aromatic N) is 2. The monoisotopic (exact) mass is 102 g/mol. The summed E-state index contributed by atoms with van der Waals surface area (Å²) >= 11 is 1.50. The Balaban J connectivity index is 2.94. The summed E-state index contributed by atoms with van der Waals surface area (Å²) in [5.74, 6) is 0. The van der Waals surface area contributed by atoms with Gasteiger partial charge in [-0.25, -0.2) is 0 Å². The van der Waals surface area contributed by atoms with E-state index in [1.54, 1.807) is 5.55 Å². The summed E-state index contributed by atoms with van der Waals surface area (Å²) in [7, 11) is 0. The van der Waals surface area contributed by atoms with Gasteiger partial charge in [0.25, 0.3) is 0 Å². The molecular formula is C3H6N2S. The van der Waals surface area contributed by atoms with E-state index in [0.717, 1.165) is 0 Å². The van der Waals surface area contributed by atoms with Gasteiger partial charge >= 0.3 is 0 Å². The van der Waals surface area contributed by atoms with Gasteiger partial charge in [-0.3, -0.25) is 0 Å². The highest BCUT2D eigenvalue weighted by Crippen LogP contribution is 1.81. The zero-order valence-electron chi connectivity index (χ0n) is 3.59. The summed E-state index contributed by atoms with van der Waals surface area (Å²) in [5, 5.41) is 6.67. The molecule has 0 unspecified atom stereocenters. The third-order valence-electron chi connectivity index (χ3n) is 0.234. The van der Waals surface area contributed by atoms with E-state index in [1.165, 1.54) is 11.8 Å². The predicted molar refractivity (Wildman–Crippen MR) is 31.6 cm³/mol. The SMILES string of the molecule is C=NN=CSC. The van der Waals surface area contributed by atoms with Crippen molar-refractivity contribution in [1.82, 2.24) is 0 Å². The Bertz CT molecular complexity index is 59.8. The van der Waals surface area contributed by atoms with Crippen molar-refractivity contribution in [2.45, 2.75) is 0 Å². The van der Waals surface area contributed by atoms with Gasteiger partial charge in [0, 0.05) is 6.72 Å². The molecule has 0 bridgehead atoms. The molecule has 34 valence electrons. The van der Waals surface area contributed by atoms with Crippen LogP contribution in [0.5, 0.6) is 0 Å². The van der Waals surface area contributed by atoms with Crippen molar-refractivity contribution in [2.24, 2.45) is 10.2 Å². The van der Waals surface area contributed by atoms with Crippen LogP contribution in [-0.2, 0) is 0 Å². The molecule has 6 heavy (non-hydrogen) atoms. The second-order valence-electron chi connectivity index (χ2n) is 0.598. The van der Waals surface area contributed by atoms with Crippen LogP contribution in [0.25, 0.3) is 0 Å². The van der Waals surface area contributed by atoms with Crippen molar-refractivity contribution < 1.29 is 0 Å². The molecule has 0 spiro atoms. The van der Waals surface area contributed by atoms with Gasteiger partial charge in [0.15, 0.2) is 0 Å². The van der Waals surface area contributed by atoms with Gasteiger partial charge in [0.2, 0.25) is 0 Å². The minimum Gasteiger partial charge on any atom is -0.167 e. The summed E-state index contributed by atoms with van der Waals surface area (Å²) in [6.07, 6.45) is 1.91. The van der Waals surface area contributed by atoms with E-state index in [1.807, 2.05) is 6.26 Å². The average molecular weight is 102 g/mol. The Labute approximate surface area is 41.4 Å². The fourth-order valence-electron chi connectivity index (χ4n) is 0.0805. The van der Waals surface area contributed by atoms with Gasteiger partial charge in [0.1, 0.15) is 0 Å². The van der Waals surface area contributed by atoms with Crippen molar-refractivity contribution in [2.75, 3.05) is 6.26 Å². The highest BCUT2D eigenvalue weighted by molar-refractivity contribution is 8.11. The first-order chi connectivity index (χ1) is 2.91. The molecular weight excluding hydrogens is 96.1 g/mol. The maximum absolute atomic E-state index is 3.44. The molecule has 0 aliphatic carbocycles. The number of hydrogen-bond acceptors (Lipinski definition) is 3. The largest absolute Gasteiger partial charge is 0.167 e. The Kier molecular flexibility index (Phi) is 4.45. The summed E-state index contributed by atoms with van der Waals surface area (Å²) < 4.78 is 0. The first-order valence-corrected chi connectivity index (χ1v) is 2.71. The maximum Gasteiger partial charge on any atom is 0.0822 e. The molecule has 0 aromatic heterocycles. The van der Waals surface area contributed by atoms with Crippen LogP contribution in [0.2, 0.25) is 0 Å². The molecule has 0 atom stereocenters. The molecule has 0 rings (SSSR count). The highest BCUT2D eigenvalue weighted by Gasteiger charge is 1.56. The van der Waals surface area contributed by atoms with Gasteiger partial charge in [-0.2, -0.15) is 10.2 Å². The molecule has 0 aromatic carbocycles. The minimum absolute atomic E-state index is 1.50. The molecule has 0 N–H and O–H groups in total. The summed E-state index contributed by atoms with van der Waals surface area (Å²) in [6.45, 7) is 3.14. The molecule has 0 amide bonds. The quantitative estimate of drug-likeness (QED) is 0.290. The average Bonchev–Trinajstić information content (AvgIpc) is 1.61. The zero-order valence-corrected chi connectivity index (χ0v) is 4.40. The van der Waals surface area contributed by atoms with Crippen molar-refractivity contribution in [3.8, 4) is 0 Å². The van der Waals surface area contributed by atoms with E-state index in [2.05, 4.69) is 16.9 Å². The third-order valence-corrected chi connectivity index (χ3v) is 0.539. The van der Waals surface area contributed by atoms with Gasteiger partial charge in [-0.1, -0.05) is 0 Å². The lowest BCUT2D eigenvalue weighted by atomic mass is 11.6. The van der Waals surface area contributed by atoms with Crippen LogP contribution >= 0.6 is 11.8 Å². The molecule has 0 saturated carbocycles. The lowest BCUT2D eigenvalue weighted by Crippen LogP contribution is -1.52. The van der Waals surface area contributed by atoms with Crippen LogP contribution in [-0.4, -0.2) is 18.5 Å². The second kappa shape index (κ2) is 4.69. The molecule has 0 aromatic rings. The van der Waals surface area contributed by atoms with Crippen LogP contribution in [0, 0.1) is 0 Å². The van der Waals surface area contributed by atoms with Crippen LogP contribution < -0.4 is 0 Å². The predicted octanol–water partition coefficient (Wildman–Crippen LogP) is 0.993. The number of hydrogen-bond donors (Lipinski definition) is 0. The van der Waals surface area contributed by atoms with Crippen LogP contribution in [0.3, 0.4) is 0 Å². The number of thioether (sulfide) groups is 1. The number of rotatable bonds is 2. The van der Waals surface area contributed by atoms with Gasteiger partial charge < -0.3 is 0 Å². The van der Waals surface area contributed by atoms with E-state index in [9.17, 15) is 0 Å². The third kappa shape index (κ3) is 3.69. The molecule has 0 heterocycles. The second-order valence-corrected chi connectivity index (χ2v) is 1.28. The van der Waals surface area contributed by atoms with Gasteiger partial charge in [-0.15, -0.1) is 11.8 Å². The summed E-state index contributed by atoms with van der Waals surface area (Å²) in [6, 6.07) is 0. The van der Waals surface area contributed by atoms with E-state index in [4.69, 9.17) is 0 Å². The van der Waals surface area contributed by atoms with E-state index in [-0.39, 0.29) is 0 Å². The Morgan fingerprint density at radius 3 is 2.67 bits per heavy atom. The van der Waals surface area contributed by atoms with Gasteiger partial charge in [0.05, 0.1) is 5.55 Å². The minimum atomic E-state index is 1.50. The molecule has 3 heteroatoms. The normalized spacial score (nSPS) is 9.50. The molecule has 0 saturated heterocycles. The van der Waals surface area contributed by atoms with Crippen molar-refractivity contribution in [3.63, 3.8) is 0 Å². The molecule has 0 aliphatic rings.